The summed E-state index contributed by atoms with van der Waals surface area (Å²) >= 11 is 6.19. The zero-order valence-electron chi connectivity index (χ0n) is 10.6. The monoisotopic (exact) mass is 265 g/mol. The molecule has 3 rings (SSSR count). The van der Waals surface area contributed by atoms with Gasteiger partial charge < -0.3 is 10.2 Å². The Bertz CT molecular complexity index is 398. The van der Waals surface area contributed by atoms with Crippen molar-refractivity contribution in [1.29, 1.82) is 0 Å². The van der Waals surface area contributed by atoms with Crippen LogP contribution in [0.25, 0.3) is 0 Å². The summed E-state index contributed by atoms with van der Waals surface area (Å²) in [5, 5.41) is 4.46. The van der Waals surface area contributed by atoms with Crippen molar-refractivity contribution >= 4 is 17.4 Å². The molecule has 0 spiro atoms. The van der Waals surface area contributed by atoms with Crippen molar-refractivity contribution in [3.05, 3.63) is 23.4 Å². The van der Waals surface area contributed by atoms with Gasteiger partial charge in [-0.05, 0) is 50.3 Å². The smallest absolute Gasteiger partial charge is 0.147 e. The molecule has 2 fully saturated rings. The lowest BCUT2D eigenvalue weighted by Crippen LogP contribution is -2.43. The Balaban J connectivity index is 1.51. The molecule has 0 bridgehead atoms. The third-order valence-electron chi connectivity index (χ3n) is 3.93. The van der Waals surface area contributed by atoms with Crippen molar-refractivity contribution in [3.63, 3.8) is 0 Å². The molecule has 0 aromatic carbocycles. The van der Waals surface area contributed by atoms with Crippen LogP contribution in [0.15, 0.2) is 18.3 Å². The van der Waals surface area contributed by atoms with Gasteiger partial charge in [-0.15, -0.1) is 0 Å². The highest BCUT2D eigenvalue weighted by molar-refractivity contribution is 6.32. The van der Waals surface area contributed by atoms with E-state index in [1.54, 1.807) is 0 Å². The molecule has 1 aliphatic carbocycles. The van der Waals surface area contributed by atoms with Gasteiger partial charge >= 0.3 is 0 Å². The Hall–Kier alpha value is -0.800. The topological polar surface area (TPSA) is 28.2 Å². The van der Waals surface area contributed by atoms with Crippen LogP contribution in [0.4, 0.5) is 5.82 Å². The van der Waals surface area contributed by atoms with Gasteiger partial charge in [0.1, 0.15) is 5.82 Å². The quantitative estimate of drug-likeness (QED) is 0.907. The number of hydrogen-bond donors (Lipinski definition) is 1. The van der Waals surface area contributed by atoms with Crippen LogP contribution in [0.5, 0.6) is 0 Å². The highest BCUT2D eigenvalue weighted by atomic mass is 35.5. The van der Waals surface area contributed by atoms with E-state index in [9.17, 15) is 0 Å². The van der Waals surface area contributed by atoms with Crippen LogP contribution in [0.2, 0.25) is 5.02 Å². The van der Waals surface area contributed by atoms with Gasteiger partial charge in [-0.1, -0.05) is 11.6 Å². The van der Waals surface area contributed by atoms with Gasteiger partial charge in [0.25, 0.3) is 0 Å². The summed E-state index contributed by atoms with van der Waals surface area (Å²) in [5.74, 6) is 1.91. The third-order valence-corrected chi connectivity index (χ3v) is 4.22. The molecule has 1 saturated carbocycles. The molecule has 98 valence electrons. The number of rotatable bonds is 4. The van der Waals surface area contributed by atoms with Gasteiger partial charge in [-0.3, -0.25) is 0 Å². The van der Waals surface area contributed by atoms with E-state index in [0.29, 0.717) is 6.04 Å². The molecule has 0 atom stereocenters. The summed E-state index contributed by atoms with van der Waals surface area (Å²) in [4.78, 5) is 6.69. The van der Waals surface area contributed by atoms with Crippen LogP contribution in [0, 0.1) is 5.92 Å². The molecule has 1 aromatic heterocycles. The van der Waals surface area contributed by atoms with Gasteiger partial charge in [0, 0.05) is 25.3 Å². The van der Waals surface area contributed by atoms with Crippen molar-refractivity contribution in [2.45, 2.75) is 31.7 Å². The minimum absolute atomic E-state index is 0.685. The predicted molar refractivity (Wildman–Crippen MR) is 75.2 cm³/mol. The van der Waals surface area contributed by atoms with Crippen molar-refractivity contribution in [1.82, 2.24) is 10.3 Å². The molecule has 1 saturated heterocycles. The van der Waals surface area contributed by atoms with Crippen LogP contribution in [-0.4, -0.2) is 30.7 Å². The summed E-state index contributed by atoms with van der Waals surface area (Å²) in [6, 6.07) is 4.49. The summed E-state index contributed by atoms with van der Waals surface area (Å²) in [6.07, 6.45) is 7.06. The zero-order valence-corrected chi connectivity index (χ0v) is 11.4. The average molecular weight is 266 g/mol. The maximum Gasteiger partial charge on any atom is 0.147 e. The minimum atomic E-state index is 0.685. The number of aromatic nitrogens is 1. The minimum Gasteiger partial charge on any atom is -0.355 e. The van der Waals surface area contributed by atoms with E-state index in [2.05, 4.69) is 15.2 Å². The lowest BCUT2D eigenvalue weighted by molar-refractivity contribution is 0.407. The number of anilines is 1. The Kier molecular flexibility index (Phi) is 3.71. The van der Waals surface area contributed by atoms with E-state index in [1.807, 2.05) is 18.3 Å². The normalized spacial score (nSPS) is 21.3. The lowest BCUT2D eigenvalue weighted by atomic mass is 10.0. The Morgan fingerprint density at radius 2 is 2.06 bits per heavy atom. The largest absolute Gasteiger partial charge is 0.355 e. The van der Waals surface area contributed by atoms with Crippen LogP contribution >= 0.6 is 11.6 Å². The summed E-state index contributed by atoms with van der Waals surface area (Å²) in [6.45, 7) is 3.33. The maximum atomic E-state index is 6.19. The maximum absolute atomic E-state index is 6.19. The summed E-state index contributed by atoms with van der Waals surface area (Å²) in [7, 11) is 0. The van der Waals surface area contributed by atoms with E-state index in [0.717, 1.165) is 29.8 Å². The molecule has 4 heteroatoms. The predicted octanol–water partition coefficient (Wildman–Crippen LogP) is 2.70. The second-order valence-electron chi connectivity index (χ2n) is 5.42. The molecule has 0 amide bonds. The second kappa shape index (κ2) is 5.45. The van der Waals surface area contributed by atoms with Crippen molar-refractivity contribution in [2.24, 2.45) is 5.92 Å². The third kappa shape index (κ3) is 2.96. The average Bonchev–Trinajstić information content (AvgIpc) is 3.22. The molecule has 2 heterocycles. The number of pyridine rings is 1. The number of hydrogen-bond acceptors (Lipinski definition) is 3. The fraction of sp³-hybridized carbons (Fsp3) is 0.643. The van der Waals surface area contributed by atoms with Crippen LogP contribution in [0.3, 0.4) is 0 Å². The molecular weight excluding hydrogens is 246 g/mol. The molecule has 1 N–H and O–H groups in total. The number of nitrogens with one attached hydrogen (secondary N) is 1. The first-order valence-corrected chi connectivity index (χ1v) is 7.29. The first-order chi connectivity index (χ1) is 8.83. The van der Waals surface area contributed by atoms with Crippen LogP contribution in [0.1, 0.15) is 25.7 Å². The first-order valence-electron chi connectivity index (χ1n) is 6.92. The zero-order chi connectivity index (χ0) is 12.4. The van der Waals surface area contributed by atoms with Gasteiger partial charge in [0.15, 0.2) is 0 Å². The van der Waals surface area contributed by atoms with E-state index >= 15 is 0 Å². The molecule has 0 unspecified atom stereocenters. The number of halogens is 1. The fourth-order valence-corrected chi connectivity index (χ4v) is 2.80. The standard InChI is InChI=1S/C14H20ClN3/c15-13-2-1-7-16-14(13)18-8-5-12(6-9-18)17-10-11-3-4-11/h1-2,7,11-12,17H,3-6,8-10H2. The fourth-order valence-electron chi connectivity index (χ4n) is 2.56. The molecule has 18 heavy (non-hydrogen) atoms. The van der Waals surface area contributed by atoms with E-state index in [1.165, 1.54) is 32.2 Å². The highest BCUT2D eigenvalue weighted by Crippen LogP contribution is 2.29. The van der Waals surface area contributed by atoms with Crippen LogP contribution < -0.4 is 10.2 Å². The Morgan fingerprint density at radius 3 is 2.72 bits per heavy atom. The van der Waals surface area contributed by atoms with Crippen molar-refractivity contribution in [3.8, 4) is 0 Å². The Labute approximate surface area is 114 Å². The molecule has 1 aromatic rings. The molecular formula is C14H20ClN3. The summed E-state index contributed by atoms with van der Waals surface area (Å²) in [5.41, 5.74) is 0. The van der Waals surface area contributed by atoms with E-state index in [-0.39, 0.29) is 0 Å². The van der Waals surface area contributed by atoms with Crippen LogP contribution in [-0.2, 0) is 0 Å². The van der Waals surface area contributed by atoms with Gasteiger partial charge in [0.05, 0.1) is 5.02 Å². The van der Waals surface area contributed by atoms with Gasteiger partial charge in [0.2, 0.25) is 0 Å². The number of nitrogens with zero attached hydrogens (tertiary/aromatic N) is 2. The summed E-state index contributed by atoms with van der Waals surface area (Å²) < 4.78 is 0. The van der Waals surface area contributed by atoms with Gasteiger partial charge in [-0.25, -0.2) is 4.98 Å². The van der Waals surface area contributed by atoms with E-state index in [4.69, 9.17) is 11.6 Å². The van der Waals surface area contributed by atoms with Crippen molar-refractivity contribution in [2.75, 3.05) is 24.5 Å². The number of piperidine rings is 1. The Morgan fingerprint density at radius 1 is 1.28 bits per heavy atom. The second-order valence-corrected chi connectivity index (χ2v) is 5.83. The lowest BCUT2D eigenvalue weighted by Gasteiger charge is -2.33. The molecule has 0 radical (unpaired) electrons. The van der Waals surface area contributed by atoms with Crippen molar-refractivity contribution < 1.29 is 0 Å². The molecule has 3 nitrogen and oxygen atoms in total. The SMILES string of the molecule is Clc1cccnc1N1CCC(NCC2CC2)CC1. The highest BCUT2D eigenvalue weighted by Gasteiger charge is 2.25. The first kappa shape index (κ1) is 12.2. The van der Waals surface area contributed by atoms with E-state index < -0.39 is 0 Å². The van der Waals surface area contributed by atoms with Gasteiger partial charge in [-0.2, -0.15) is 0 Å². The molecule has 1 aliphatic heterocycles. The molecule has 2 aliphatic rings.